The lowest BCUT2D eigenvalue weighted by Gasteiger charge is -2.10. The van der Waals surface area contributed by atoms with Gasteiger partial charge >= 0.3 is 0 Å². The Morgan fingerprint density at radius 3 is 2.65 bits per heavy atom. The summed E-state index contributed by atoms with van der Waals surface area (Å²) < 4.78 is 1.88. The van der Waals surface area contributed by atoms with Gasteiger partial charge in [-0.05, 0) is 48.2 Å². The van der Waals surface area contributed by atoms with E-state index in [1.165, 1.54) is 11.1 Å². The molecular formula is C22H23N3O. The number of hydrogen-bond acceptors (Lipinski definition) is 2. The number of carbonyl (C=O) groups is 1. The van der Waals surface area contributed by atoms with Crippen LogP contribution in [0.5, 0.6) is 0 Å². The van der Waals surface area contributed by atoms with Crippen molar-refractivity contribution in [1.82, 2.24) is 15.1 Å². The highest BCUT2D eigenvalue weighted by Gasteiger charge is 2.04. The molecule has 0 aliphatic heterocycles. The average molecular weight is 345 g/mol. The van der Waals surface area contributed by atoms with Crippen molar-refractivity contribution in [3.05, 3.63) is 94.8 Å². The predicted molar refractivity (Wildman–Crippen MR) is 105 cm³/mol. The van der Waals surface area contributed by atoms with Gasteiger partial charge in [0.1, 0.15) is 0 Å². The number of carbonyl (C=O) groups excluding carboxylic acids is 1. The average Bonchev–Trinajstić information content (AvgIpc) is 3.13. The minimum Gasteiger partial charge on any atom is -0.348 e. The van der Waals surface area contributed by atoms with Gasteiger partial charge in [-0.15, -0.1) is 0 Å². The normalized spacial score (nSPS) is 11.0. The molecule has 0 aliphatic carbocycles. The second-order valence-corrected chi connectivity index (χ2v) is 6.38. The summed E-state index contributed by atoms with van der Waals surface area (Å²) in [6.45, 7) is 5.30. The molecule has 3 aromatic rings. The molecule has 0 radical (unpaired) electrons. The van der Waals surface area contributed by atoms with E-state index in [2.05, 4.69) is 42.5 Å². The molecule has 1 amide bonds. The molecule has 0 fully saturated rings. The number of aromatic nitrogens is 2. The number of aryl methyl sites for hydroxylation is 2. The van der Waals surface area contributed by atoms with Crippen molar-refractivity contribution in [2.24, 2.45) is 0 Å². The standard InChI is InChI=1S/C22H23N3O/c1-17-8-9-19(18(2)14-17)10-11-22(26)23-15-20-6-3-4-7-21(20)16-25-13-5-12-24-25/h3-14H,15-16H2,1-2H3,(H,23,26). The molecule has 1 heterocycles. The quantitative estimate of drug-likeness (QED) is 0.689. The Hall–Kier alpha value is -3.14. The molecule has 0 saturated heterocycles. The van der Waals surface area contributed by atoms with Crippen LogP contribution < -0.4 is 5.32 Å². The van der Waals surface area contributed by atoms with E-state index in [1.54, 1.807) is 12.3 Å². The van der Waals surface area contributed by atoms with Gasteiger partial charge in [0.25, 0.3) is 0 Å². The van der Waals surface area contributed by atoms with Crippen molar-refractivity contribution in [3.8, 4) is 0 Å². The second kappa shape index (κ2) is 8.30. The number of nitrogens with one attached hydrogen (secondary N) is 1. The topological polar surface area (TPSA) is 46.9 Å². The van der Waals surface area contributed by atoms with Gasteiger partial charge in [-0.25, -0.2) is 0 Å². The van der Waals surface area contributed by atoms with Crippen molar-refractivity contribution in [1.29, 1.82) is 0 Å². The SMILES string of the molecule is Cc1ccc(C=CC(=O)NCc2ccccc2Cn2cccn2)c(C)c1. The fraction of sp³-hybridized carbons (Fsp3) is 0.182. The molecule has 0 aliphatic rings. The maximum atomic E-state index is 12.2. The molecule has 4 heteroatoms. The first-order valence-corrected chi connectivity index (χ1v) is 8.69. The minimum atomic E-state index is -0.0983. The third-order valence-corrected chi connectivity index (χ3v) is 4.30. The predicted octanol–water partition coefficient (Wildman–Crippen LogP) is 3.88. The van der Waals surface area contributed by atoms with Crippen LogP contribution in [0.15, 0.2) is 67.0 Å². The minimum absolute atomic E-state index is 0.0983. The summed E-state index contributed by atoms with van der Waals surface area (Å²) in [5, 5.41) is 7.21. The van der Waals surface area contributed by atoms with E-state index in [9.17, 15) is 4.79 Å². The Bertz CT molecular complexity index is 911. The molecule has 2 aromatic carbocycles. The van der Waals surface area contributed by atoms with Crippen LogP contribution in [0.25, 0.3) is 6.08 Å². The molecular weight excluding hydrogens is 322 g/mol. The van der Waals surface area contributed by atoms with Crippen LogP contribution in [0.3, 0.4) is 0 Å². The number of nitrogens with zero attached hydrogens (tertiary/aromatic N) is 2. The van der Waals surface area contributed by atoms with Crippen LogP contribution >= 0.6 is 0 Å². The van der Waals surface area contributed by atoms with Gasteiger partial charge in [-0.3, -0.25) is 9.48 Å². The summed E-state index contributed by atoms with van der Waals surface area (Å²) in [6.07, 6.45) is 7.15. The first-order valence-electron chi connectivity index (χ1n) is 8.69. The molecule has 1 N–H and O–H groups in total. The lowest BCUT2D eigenvalue weighted by molar-refractivity contribution is -0.116. The van der Waals surface area contributed by atoms with E-state index in [0.717, 1.165) is 16.7 Å². The van der Waals surface area contributed by atoms with Crippen molar-refractivity contribution < 1.29 is 4.79 Å². The molecule has 0 saturated carbocycles. The van der Waals surface area contributed by atoms with Crippen LogP contribution in [0.1, 0.15) is 27.8 Å². The fourth-order valence-corrected chi connectivity index (χ4v) is 2.87. The summed E-state index contributed by atoms with van der Waals surface area (Å²) >= 11 is 0. The van der Waals surface area contributed by atoms with Gasteiger partial charge in [0.05, 0.1) is 6.54 Å². The number of benzene rings is 2. The maximum Gasteiger partial charge on any atom is 0.244 e. The zero-order chi connectivity index (χ0) is 18.4. The van der Waals surface area contributed by atoms with Crippen LogP contribution in [-0.2, 0) is 17.9 Å². The van der Waals surface area contributed by atoms with E-state index < -0.39 is 0 Å². The zero-order valence-electron chi connectivity index (χ0n) is 15.1. The van der Waals surface area contributed by atoms with Crippen molar-refractivity contribution in [2.45, 2.75) is 26.9 Å². The van der Waals surface area contributed by atoms with Crippen molar-refractivity contribution in [2.75, 3.05) is 0 Å². The summed E-state index contributed by atoms with van der Waals surface area (Å²) in [5.74, 6) is -0.0983. The smallest absolute Gasteiger partial charge is 0.244 e. The largest absolute Gasteiger partial charge is 0.348 e. The molecule has 0 atom stereocenters. The van der Waals surface area contributed by atoms with E-state index in [4.69, 9.17) is 0 Å². The molecule has 0 spiro atoms. The third-order valence-electron chi connectivity index (χ3n) is 4.30. The van der Waals surface area contributed by atoms with E-state index >= 15 is 0 Å². The number of rotatable bonds is 6. The molecule has 1 aromatic heterocycles. The highest BCUT2D eigenvalue weighted by atomic mass is 16.1. The van der Waals surface area contributed by atoms with Crippen LogP contribution in [0.4, 0.5) is 0 Å². The molecule has 132 valence electrons. The van der Waals surface area contributed by atoms with Crippen LogP contribution in [0, 0.1) is 13.8 Å². The monoisotopic (exact) mass is 345 g/mol. The lowest BCUT2D eigenvalue weighted by Crippen LogP contribution is -2.21. The Morgan fingerprint density at radius 1 is 1.12 bits per heavy atom. The Balaban J connectivity index is 1.62. The lowest BCUT2D eigenvalue weighted by atomic mass is 10.1. The molecule has 3 rings (SSSR count). The third kappa shape index (κ3) is 4.70. The van der Waals surface area contributed by atoms with E-state index in [1.807, 2.05) is 47.3 Å². The Morgan fingerprint density at radius 2 is 1.92 bits per heavy atom. The van der Waals surface area contributed by atoms with Gasteiger partial charge in [-0.2, -0.15) is 5.10 Å². The van der Waals surface area contributed by atoms with Gasteiger partial charge in [0.2, 0.25) is 5.91 Å². The first-order chi connectivity index (χ1) is 12.6. The van der Waals surface area contributed by atoms with Crippen molar-refractivity contribution >= 4 is 12.0 Å². The summed E-state index contributed by atoms with van der Waals surface area (Å²) in [6, 6.07) is 16.2. The number of hydrogen-bond donors (Lipinski definition) is 1. The highest BCUT2D eigenvalue weighted by molar-refractivity contribution is 5.91. The summed E-state index contributed by atoms with van der Waals surface area (Å²) in [5.41, 5.74) is 5.69. The van der Waals surface area contributed by atoms with Gasteiger partial charge in [-0.1, -0.05) is 48.0 Å². The molecule has 4 nitrogen and oxygen atoms in total. The molecule has 0 bridgehead atoms. The van der Waals surface area contributed by atoms with Gasteiger partial charge in [0.15, 0.2) is 0 Å². The van der Waals surface area contributed by atoms with E-state index in [-0.39, 0.29) is 5.91 Å². The molecule has 0 unspecified atom stereocenters. The van der Waals surface area contributed by atoms with Crippen molar-refractivity contribution in [3.63, 3.8) is 0 Å². The Labute approximate surface area is 154 Å². The van der Waals surface area contributed by atoms with Crippen LogP contribution in [-0.4, -0.2) is 15.7 Å². The maximum absolute atomic E-state index is 12.2. The van der Waals surface area contributed by atoms with Gasteiger partial charge in [0, 0.05) is 25.0 Å². The highest BCUT2D eigenvalue weighted by Crippen LogP contribution is 2.12. The summed E-state index contributed by atoms with van der Waals surface area (Å²) in [4.78, 5) is 12.2. The zero-order valence-corrected chi connectivity index (χ0v) is 15.1. The van der Waals surface area contributed by atoms with Gasteiger partial charge < -0.3 is 5.32 Å². The molecule has 26 heavy (non-hydrogen) atoms. The Kier molecular flexibility index (Phi) is 5.64. The fourth-order valence-electron chi connectivity index (χ4n) is 2.87. The van der Waals surface area contributed by atoms with Crippen LogP contribution in [0.2, 0.25) is 0 Å². The second-order valence-electron chi connectivity index (χ2n) is 6.38. The number of amides is 1. The van der Waals surface area contributed by atoms with E-state index in [0.29, 0.717) is 13.1 Å². The first kappa shape index (κ1) is 17.7. The summed E-state index contributed by atoms with van der Waals surface area (Å²) in [7, 11) is 0.